The summed E-state index contributed by atoms with van der Waals surface area (Å²) in [5, 5.41) is 13.0. The minimum absolute atomic E-state index is 0.174. The van der Waals surface area contributed by atoms with Gasteiger partial charge >= 0.3 is 0 Å². The van der Waals surface area contributed by atoms with Crippen molar-refractivity contribution in [3.63, 3.8) is 0 Å². The van der Waals surface area contributed by atoms with Crippen LogP contribution in [0, 0.1) is 6.92 Å². The molecule has 2 aromatic rings. The molecule has 0 saturated carbocycles. The lowest BCUT2D eigenvalue weighted by Crippen LogP contribution is -1.89. The third kappa shape index (κ3) is 2.59. The number of nitrogens with one attached hydrogen (secondary N) is 1. The second-order valence-electron chi connectivity index (χ2n) is 3.49. The Labute approximate surface area is 98.8 Å². The predicted octanol–water partition coefficient (Wildman–Crippen LogP) is 2.73. The number of thiazole rings is 1. The summed E-state index contributed by atoms with van der Waals surface area (Å²) in [5.41, 5.74) is 2.03. The van der Waals surface area contributed by atoms with Gasteiger partial charge in [0.1, 0.15) is 0 Å². The fourth-order valence-corrected chi connectivity index (χ4v) is 2.43. The van der Waals surface area contributed by atoms with Gasteiger partial charge in [0.05, 0.1) is 5.69 Å². The van der Waals surface area contributed by atoms with E-state index in [2.05, 4.69) is 10.3 Å². The zero-order valence-corrected chi connectivity index (χ0v) is 9.92. The standard InChI is InChI=1S/C12H14N2OS/c1-9-11(7-8-15)16-12(13-9)14-10-5-3-2-4-6-10/h2-6,15H,7-8H2,1H3,(H,13,14). The van der Waals surface area contributed by atoms with E-state index in [0.29, 0.717) is 6.42 Å². The van der Waals surface area contributed by atoms with Crippen LogP contribution in [0.2, 0.25) is 0 Å². The second kappa shape index (κ2) is 5.09. The van der Waals surface area contributed by atoms with Crippen LogP contribution < -0.4 is 5.32 Å². The highest BCUT2D eigenvalue weighted by atomic mass is 32.1. The summed E-state index contributed by atoms with van der Waals surface area (Å²) in [6, 6.07) is 9.95. The quantitative estimate of drug-likeness (QED) is 0.855. The van der Waals surface area contributed by atoms with E-state index in [0.717, 1.165) is 21.4 Å². The maximum absolute atomic E-state index is 8.90. The smallest absolute Gasteiger partial charge is 0.187 e. The minimum atomic E-state index is 0.174. The molecule has 1 aromatic carbocycles. The SMILES string of the molecule is Cc1nc(Nc2ccccc2)sc1CCO. The first-order chi connectivity index (χ1) is 7.79. The van der Waals surface area contributed by atoms with Crippen molar-refractivity contribution in [1.82, 2.24) is 4.98 Å². The van der Waals surface area contributed by atoms with Crippen LogP contribution in [0.3, 0.4) is 0 Å². The van der Waals surface area contributed by atoms with E-state index in [9.17, 15) is 0 Å². The van der Waals surface area contributed by atoms with Crippen molar-refractivity contribution in [2.24, 2.45) is 0 Å². The Morgan fingerprint density at radius 2 is 2.06 bits per heavy atom. The van der Waals surface area contributed by atoms with Gasteiger partial charge in [-0.15, -0.1) is 11.3 Å². The number of aryl methyl sites for hydroxylation is 1. The average Bonchev–Trinajstić information content (AvgIpc) is 2.61. The van der Waals surface area contributed by atoms with Crippen LogP contribution in [0.15, 0.2) is 30.3 Å². The van der Waals surface area contributed by atoms with E-state index in [4.69, 9.17) is 5.11 Å². The molecule has 0 amide bonds. The van der Waals surface area contributed by atoms with Gasteiger partial charge in [-0.25, -0.2) is 4.98 Å². The summed E-state index contributed by atoms with van der Waals surface area (Å²) < 4.78 is 0. The molecule has 0 unspecified atom stereocenters. The van der Waals surface area contributed by atoms with E-state index in [-0.39, 0.29) is 6.61 Å². The largest absolute Gasteiger partial charge is 0.396 e. The molecule has 1 heterocycles. The molecule has 0 aliphatic rings. The first-order valence-electron chi connectivity index (χ1n) is 5.19. The summed E-state index contributed by atoms with van der Waals surface area (Å²) in [6.45, 7) is 2.14. The van der Waals surface area contributed by atoms with Crippen molar-refractivity contribution >= 4 is 22.2 Å². The molecule has 0 fully saturated rings. The van der Waals surface area contributed by atoms with Crippen LogP contribution in [0.25, 0.3) is 0 Å². The van der Waals surface area contributed by atoms with Gasteiger partial charge in [-0.2, -0.15) is 0 Å². The van der Waals surface area contributed by atoms with Crippen molar-refractivity contribution in [2.45, 2.75) is 13.3 Å². The molecule has 2 N–H and O–H groups in total. The van der Waals surface area contributed by atoms with Crippen molar-refractivity contribution in [3.8, 4) is 0 Å². The van der Waals surface area contributed by atoms with Crippen LogP contribution in [0.5, 0.6) is 0 Å². The van der Waals surface area contributed by atoms with Crippen LogP contribution in [-0.4, -0.2) is 16.7 Å². The Kier molecular flexibility index (Phi) is 3.54. The highest BCUT2D eigenvalue weighted by Gasteiger charge is 2.06. The molecule has 0 aliphatic carbocycles. The van der Waals surface area contributed by atoms with E-state index < -0.39 is 0 Å². The van der Waals surface area contributed by atoms with E-state index in [1.54, 1.807) is 11.3 Å². The van der Waals surface area contributed by atoms with Crippen molar-refractivity contribution in [3.05, 3.63) is 40.9 Å². The van der Waals surface area contributed by atoms with E-state index in [1.165, 1.54) is 0 Å². The van der Waals surface area contributed by atoms with Gasteiger partial charge in [0.15, 0.2) is 5.13 Å². The highest BCUT2D eigenvalue weighted by molar-refractivity contribution is 7.15. The number of rotatable bonds is 4. The van der Waals surface area contributed by atoms with Crippen LogP contribution in [-0.2, 0) is 6.42 Å². The Bertz CT molecular complexity index is 453. The zero-order chi connectivity index (χ0) is 11.4. The summed E-state index contributed by atoms with van der Waals surface area (Å²) >= 11 is 1.60. The van der Waals surface area contributed by atoms with E-state index in [1.807, 2.05) is 37.3 Å². The number of anilines is 2. The Balaban J connectivity index is 2.13. The number of benzene rings is 1. The third-order valence-electron chi connectivity index (χ3n) is 2.26. The number of nitrogens with zero attached hydrogens (tertiary/aromatic N) is 1. The molecule has 0 radical (unpaired) electrons. The lowest BCUT2D eigenvalue weighted by atomic mass is 10.3. The lowest BCUT2D eigenvalue weighted by molar-refractivity contribution is 0.300. The molecule has 2 rings (SSSR count). The molecule has 0 saturated heterocycles. The average molecular weight is 234 g/mol. The maximum atomic E-state index is 8.90. The number of aliphatic hydroxyl groups is 1. The highest BCUT2D eigenvalue weighted by Crippen LogP contribution is 2.25. The number of hydrogen-bond acceptors (Lipinski definition) is 4. The first kappa shape index (κ1) is 11.1. The molecule has 1 aromatic heterocycles. The first-order valence-corrected chi connectivity index (χ1v) is 6.00. The molecular formula is C12H14N2OS. The van der Waals surface area contributed by atoms with Crippen LogP contribution in [0.1, 0.15) is 10.6 Å². The van der Waals surface area contributed by atoms with Gasteiger partial charge in [0.2, 0.25) is 0 Å². The molecule has 0 atom stereocenters. The molecule has 4 heteroatoms. The number of aliphatic hydroxyl groups excluding tert-OH is 1. The number of aromatic nitrogens is 1. The number of hydrogen-bond donors (Lipinski definition) is 2. The Hall–Kier alpha value is -1.39. The van der Waals surface area contributed by atoms with Gasteiger partial charge in [-0.3, -0.25) is 0 Å². The predicted molar refractivity (Wildman–Crippen MR) is 67.4 cm³/mol. The summed E-state index contributed by atoms with van der Waals surface area (Å²) in [5.74, 6) is 0. The molecule has 0 bridgehead atoms. The fourth-order valence-electron chi connectivity index (χ4n) is 1.46. The zero-order valence-electron chi connectivity index (χ0n) is 9.10. The van der Waals surface area contributed by atoms with Crippen molar-refractivity contribution < 1.29 is 5.11 Å². The Morgan fingerprint density at radius 1 is 1.31 bits per heavy atom. The van der Waals surface area contributed by atoms with Gasteiger partial charge < -0.3 is 10.4 Å². The van der Waals surface area contributed by atoms with Gasteiger partial charge in [0.25, 0.3) is 0 Å². The monoisotopic (exact) mass is 234 g/mol. The Morgan fingerprint density at radius 3 is 2.75 bits per heavy atom. The number of para-hydroxylation sites is 1. The van der Waals surface area contributed by atoms with Crippen molar-refractivity contribution in [1.29, 1.82) is 0 Å². The van der Waals surface area contributed by atoms with Crippen molar-refractivity contribution in [2.75, 3.05) is 11.9 Å². The third-order valence-corrected chi connectivity index (χ3v) is 3.39. The molecule has 3 nitrogen and oxygen atoms in total. The normalized spacial score (nSPS) is 10.4. The summed E-state index contributed by atoms with van der Waals surface area (Å²) in [4.78, 5) is 5.56. The topological polar surface area (TPSA) is 45.2 Å². The van der Waals surface area contributed by atoms with Crippen LogP contribution >= 0.6 is 11.3 Å². The molecular weight excluding hydrogens is 220 g/mol. The fraction of sp³-hybridized carbons (Fsp3) is 0.250. The van der Waals surface area contributed by atoms with Gasteiger partial charge in [-0.05, 0) is 19.1 Å². The minimum Gasteiger partial charge on any atom is -0.396 e. The molecule has 84 valence electrons. The summed E-state index contributed by atoms with van der Waals surface area (Å²) in [6.07, 6.45) is 0.681. The molecule has 16 heavy (non-hydrogen) atoms. The second-order valence-corrected chi connectivity index (χ2v) is 4.58. The van der Waals surface area contributed by atoms with Gasteiger partial charge in [-0.1, -0.05) is 18.2 Å². The lowest BCUT2D eigenvalue weighted by Gasteiger charge is -2.00. The molecule has 0 aliphatic heterocycles. The van der Waals surface area contributed by atoms with E-state index >= 15 is 0 Å². The molecule has 0 spiro atoms. The van der Waals surface area contributed by atoms with Gasteiger partial charge in [0, 0.05) is 23.6 Å². The van der Waals surface area contributed by atoms with Crippen LogP contribution in [0.4, 0.5) is 10.8 Å². The maximum Gasteiger partial charge on any atom is 0.187 e. The summed E-state index contributed by atoms with van der Waals surface area (Å²) in [7, 11) is 0.